The third-order valence-electron chi connectivity index (χ3n) is 4.88. The van der Waals surface area contributed by atoms with E-state index in [1.807, 2.05) is 12.1 Å². The fourth-order valence-corrected chi connectivity index (χ4v) is 3.86. The average molecular weight is 405 g/mol. The minimum absolute atomic E-state index is 0.219. The van der Waals surface area contributed by atoms with Crippen molar-refractivity contribution in [2.24, 2.45) is 0 Å². The number of benzene rings is 2. The molecule has 5 nitrogen and oxygen atoms in total. The Kier molecular flexibility index (Phi) is 5.19. The molecule has 2 aliphatic heterocycles. The largest absolute Gasteiger partial charge is 0.374 e. The van der Waals surface area contributed by atoms with Gasteiger partial charge in [0.2, 0.25) is 0 Å². The van der Waals surface area contributed by atoms with E-state index >= 15 is 0 Å². The van der Waals surface area contributed by atoms with Gasteiger partial charge in [0.05, 0.1) is 40.4 Å². The van der Waals surface area contributed by atoms with Crippen LogP contribution in [-0.4, -0.2) is 54.0 Å². The van der Waals surface area contributed by atoms with Crippen molar-refractivity contribution in [2.75, 3.05) is 26.2 Å². The van der Waals surface area contributed by atoms with Crippen LogP contribution in [0.3, 0.4) is 0 Å². The van der Waals surface area contributed by atoms with Crippen LogP contribution in [0, 0.1) is 0 Å². The average Bonchev–Trinajstić information content (AvgIpc) is 2.90. The van der Waals surface area contributed by atoms with E-state index in [1.54, 1.807) is 30.3 Å². The van der Waals surface area contributed by atoms with Crippen LogP contribution in [0.5, 0.6) is 0 Å². The lowest BCUT2D eigenvalue weighted by molar-refractivity contribution is -0.0400. The second kappa shape index (κ2) is 7.60. The van der Waals surface area contributed by atoms with Gasteiger partial charge in [0.15, 0.2) is 0 Å². The summed E-state index contributed by atoms with van der Waals surface area (Å²) in [6.45, 7) is 2.92. The van der Waals surface area contributed by atoms with Gasteiger partial charge in [-0.25, -0.2) is 0 Å². The lowest BCUT2D eigenvalue weighted by Gasteiger charge is -2.34. The van der Waals surface area contributed by atoms with Crippen LogP contribution in [0.25, 0.3) is 0 Å². The Hall–Kier alpha value is -1.92. The minimum Gasteiger partial charge on any atom is -0.374 e. The Morgan fingerprint density at radius 1 is 1.00 bits per heavy atom. The van der Waals surface area contributed by atoms with E-state index in [0.29, 0.717) is 40.9 Å². The van der Waals surface area contributed by atoms with E-state index in [4.69, 9.17) is 27.9 Å². The van der Waals surface area contributed by atoms with E-state index in [-0.39, 0.29) is 24.5 Å². The third-order valence-corrected chi connectivity index (χ3v) is 5.62. The Balaban J connectivity index is 1.41. The van der Waals surface area contributed by atoms with Crippen molar-refractivity contribution >= 4 is 35.0 Å². The molecule has 0 saturated carbocycles. The first kappa shape index (κ1) is 18.4. The molecule has 0 bridgehead atoms. The second-order valence-corrected chi connectivity index (χ2v) is 7.56. The number of rotatable bonds is 4. The van der Waals surface area contributed by atoms with Crippen LogP contribution in [0.2, 0.25) is 10.0 Å². The number of fused-ring (bicyclic) bond motifs is 1. The Bertz CT molecular complexity index is 868. The molecule has 7 heteroatoms. The fourth-order valence-electron chi connectivity index (χ4n) is 3.54. The maximum absolute atomic E-state index is 12.5. The van der Waals surface area contributed by atoms with Crippen LogP contribution in [0.4, 0.5) is 0 Å². The SMILES string of the molecule is O=C1c2ccccc2C(=O)N1CC1CN(Cc2ccc(Cl)c(Cl)c2)CCO1. The van der Waals surface area contributed by atoms with Crippen molar-refractivity contribution in [1.82, 2.24) is 9.80 Å². The van der Waals surface area contributed by atoms with Crippen molar-refractivity contribution in [3.8, 4) is 0 Å². The molecule has 1 atom stereocenters. The third kappa shape index (κ3) is 3.73. The van der Waals surface area contributed by atoms with Crippen molar-refractivity contribution in [3.05, 3.63) is 69.2 Å². The smallest absolute Gasteiger partial charge is 0.261 e. The predicted molar refractivity (Wildman–Crippen MR) is 103 cm³/mol. The fraction of sp³-hybridized carbons (Fsp3) is 0.300. The number of amides is 2. The number of morpholine rings is 1. The van der Waals surface area contributed by atoms with E-state index in [1.165, 1.54) is 4.90 Å². The lowest BCUT2D eigenvalue weighted by atomic mass is 10.1. The summed E-state index contributed by atoms with van der Waals surface area (Å²) in [4.78, 5) is 28.6. The van der Waals surface area contributed by atoms with Gasteiger partial charge in [0, 0.05) is 19.6 Å². The van der Waals surface area contributed by atoms with Crippen molar-refractivity contribution in [2.45, 2.75) is 12.6 Å². The van der Waals surface area contributed by atoms with Gasteiger partial charge in [-0.3, -0.25) is 19.4 Å². The molecule has 2 aliphatic rings. The molecule has 0 aliphatic carbocycles. The number of hydrogen-bond acceptors (Lipinski definition) is 4. The van der Waals surface area contributed by atoms with Gasteiger partial charge < -0.3 is 4.74 Å². The zero-order chi connectivity index (χ0) is 19.0. The van der Waals surface area contributed by atoms with Gasteiger partial charge in [0.25, 0.3) is 11.8 Å². The molecule has 0 N–H and O–H groups in total. The van der Waals surface area contributed by atoms with Gasteiger partial charge in [0.1, 0.15) is 0 Å². The number of halogens is 2. The highest BCUT2D eigenvalue weighted by Gasteiger charge is 2.37. The minimum atomic E-state index is -0.249. The van der Waals surface area contributed by atoms with Gasteiger partial charge in [-0.1, -0.05) is 41.4 Å². The number of ether oxygens (including phenoxy) is 1. The van der Waals surface area contributed by atoms with Gasteiger partial charge in [-0.05, 0) is 29.8 Å². The monoisotopic (exact) mass is 404 g/mol. The van der Waals surface area contributed by atoms with Gasteiger partial charge >= 0.3 is 0 Å². The van der Waals surface area contributed by atoms with Crippen LogP contribution in [-0.2, 0) is 11.3 Å². The highest BCUT2D eigenvalue weighted by atomic mass is 35.5. The Morgan fingerprint density at radius 3 is 2.37 bits per heavy atom. The summed E-state index contributed by atoms with van der Waals surface area (Å²) >= 11 is 12.1. The number of nitrogens with zero attached hydrogens (tertiary/aromatic N) is 2. The summed E-state index contributed by atoms with van der Waals surface area (Å²) in [6, 6.07) is 12.5. The second-order valence-electron chi connectivity index (χ2n) is 6.74. The molecule has 2 aromatic carbocycles. The zero-order valence-corrected chi connectivity index (χ0v) is 16.0. The van der Waals surface area contributed by atoms with E-state index in [0.717, 1.165) is 12.1 Å². The molecular formula is C20H18Cl2N2O3. The predicted octanol–water partition coefficient (Wildman–Crippen LogP) is 3.49. The first-order valence-corrected chi connectivity index (χ1v) is 9.51. The molecular weight excluding hydrogens is 387 g/mol. The quantitative estimate of drug-likeness (QED) is 0.731. The van der Waals surface area contributed by atoms with Crippen LogP contribution in [0.1, 0.15) is 26.3 Å². The van der Waals surface area contributed by atoms with E-state index in [2.05, 4.69) is 4.90 Å². The lowest BCUT2D eigenvalue weighted by Crippen LogP contribution is -2.48. The summed E-state index contributed by atoms with van der Waals surface area (Å²) < 4.78 is 5.81. The maximum atomic E-state index is 12.5. The van der Waals surface area contributed by atoms with Crippen LogP contribution < -0.4 is 0 Å². The van der Waals surface area contributed by atoms with Crippen molar-refractivity contribution < 1.29 is 14.3 Å². The molecule has 2 heterocycles. The normalized spacial score (nSPS) is 20.2. The molecule has 140 valence electrons. The Morgan fingerprint density at radius 2 is 1.70 bits per heavy atom. The summed E-state index contributed by atoms with van der Waals surface area (Å²) in [5, 5.41) is 1.07. The topological polar surface area (TPSA) is 49.9 Å². The van der Waals surface area contributed by atoms with Crippen LogP contribution in [0.15, 0.2) is 42.5 Å². The summed E-state index contributed by atoms with van der Waals surface area (Å²) in [6.07, 6.45) is -0.219. The standard InChI is InChI=1S/C20H18Cl2N2O3/c21-17-6-5-13(9-18(17)22)10-23-7-8-27-14(11-23)12-24-19(25)15-3-1-2-4-16(15)20(24)26/h1-6,9,14H,7-8,10-12H2. The van der Waals surface area contributed by atoms with Crippen molar-refractivity contribution in [3.63, 3.8) is 0 Å². The number of imide groups is 1. The Labute approximate surface area is 167 Å². The molecule has 2 amide bonds. The first-order valence-electron chi connectivity index (χ1n) is 8.76. The molecule has 2 aromatic rings. The molecule has 1 saturated heterocycles. The molecule has 1 fully saturated rings. The molecule has 4 rings (SSSR count). The first-order chi connectivity index (χ1) is 13.0. The number of carbonyl (C=O) groups is 2. The summed E-state index contributed by atoms with van der Waals surface area (Å²) in [7, 11) is 0. The number of hydrogen-bond donors (Lipinski definition) is 0. The number of carbonyl (C=O) groups excluding carboxylic acids is 2. The molecule has 0 radical (unpaired) electrons. The summed E-state index contributed by atoms with van der Waals surface area (Å²) in [5.74, 6) is -0.499. The van der Waals surface area contributed by atoms with Gasteiger partial charge in [-0.2, -0.15) is 0 Å². The highest BCUT2D eigenvalue weighted by molar-refractivity contribution is 6.42. The van der Waals surface area contributed by atoms with Crippen molar-refractivity contribution in [1.29, 1.82) is 0 Å². The highest BCUT2D eigenvalue weighted by Crippen LogP contribution is 2.25. The van der Waals surface area contributed by atoms with Gasteiger partial charge in [-0.15, -0.1) is 0 Å². The molecule has 1 unspecified atom stereocenters. The van der Waals surface area contributed by atoms with Crippen LogP contribution >= 0.6 is 23.2 Å². The zero-order valence-electron chi connectivity index (χ0n) is 14.5. The molecule has 0 aromatic heterocycles. The van der Waals surface area contributed by atoms with E-state index < -0.39 is 0 Å². The maximum Gasteiger partial charge on any atom is 0.261 e. The molecule has 0 spiro atoms. The van der Waals surface area contributed by atoms with E-state index in [9.17, 15) is 9.59 Å². The summed E-state index contributed by atoms with van der Waals surface area (Å²) in [5.41, 5.74) is 1.99. The molecule has 27 heavy (non-hydrogen) atoms.